The van der Waals surface area contributed by atoms with Crippen molar-refractivity contribution in [3.63, 3.8) is 0 Å². The van der Waals surface area contributed by atoms with Gasteiger partial charge in [0.05, 0.1) is 34.8 Å². The number of aromatic nitrogens is 4. The summed E-state index contributed by atoms with van der Waals surface area (Å²) < 4.78 is 0. The second-order valence-electron chi connectivity index (χ2n) is 12.6. The third-order valence-corrected chi connectivity index (χ3v) is 9.13. The number of hydrazine groups is 2. The largest absolute Gasteiger partial charge is 0.347 e. The Bertz CT molecular complexity index is 2000. The minimum Gasteiger partial charge on any atom is -0.347 e. The maximum Gasteiger partial charge on any atom is 0.162 e. The number of nitrogens with two attached hydrogens (primary N) is 2. The zero-order valence-electron chi connectivity index (χ0n) is 30.9. The molecule has 0 amide bonds. The first-order chi connectivity index (χ1) is 24.8. The molecule has 10 heteroatoms. The predicted molar refractivity (Wildman–Crippen MR) is 214 cm³/mol. The topological polar surface area (TPSA) is 140 Å². The van der Waals surface area contributed by atoms with Gasteiger partial charge in [0.25, 0.3) is 0 Å². The van der Waals surface area contributed by atoms with Gasteiger partial charge in [-0.15, -0.1) is 0 Å². The first-order valence-corrected chi connectivity index (χ1v) is 17.7. The summed E-state index contributed by atoms with van der Waals surface area (Å²) in [5.74, 6) is 13.1. The molecule has 2 aromatic heterocycles. The van der Waals surface area contributed by atoms with E-state index >= 15 is 0 Å². The number of aromatic amines is 2. The lowest BCUT2D eigenvalue weighted by molar-refractivity contribution is 0.675. The standard InChI is InChI=1S/C21H25N5.C18H21N5.C2H6/c1-14-7-5-8-15(2)20(14)26(17-10-6-9-16(13-17)23-22)21-18-11-3-4-12-19(18)24-25-21;1-12-6-4-7-13(2)17(12)23(18-14(3)20-11-21-18)16-9-5-8-15(10-16)22-19;1-2/h5-10,13,23H,3-4,11-12,22H2,1-2H3,(H,24,25);4-11,22H,19H2,1-3H3,(H,20,21);1-2H3. The number of imidazole rings is 1. The molecule has 51 heavy (non-hydrogen) atoms. The van der Waals surface area contributed by atoms with Crippen LogP contribution in [0.1, 0.15) is 65.9 Å². The summed E-state index contributed by atoms with van der Waals surface area (Å²) in [4.78, 5) is 12.1. The third kappa shape index (κ3) is 7.93. The van der Waals surface area contributed by atoms with Crippen molar-refractivity contribution < 1.29 is 0 Å². The first kappa shape index (κ1) is 36.7. The highest BCUT2D eigenvalue weighted by Crippen LogP contribution is 2.42. The Labute approximate surface area is 302 Å². The van der Waals surface area contributed by atoms with E-state index < -0.39 is 0 Å². The monoisotopic (exact) mass is 684 g/mol. The molecule has 7 rings (SSSR count). The molecular weight excluding hydrogens is 633 g/mol. The van der Waals surface area contributed by atoms with Crippen molar-refractivity contribution in [2.75, 3.05) is 20.7 Å². The third-order valence-electron chi connectivity index (χ3n) is 9.13. The van der Waals surface area contributed by atoms with E-state index in [0.29, 0.717) is 0 Å². The van der Waals surface area contributed by atoms with Gasteiger partial charge in [-0.3, -0.25) is 26.6 Å². The fourth-order valence-electron chi connectivity index (χ4n) is 6.73. The number of aryl methyl sites for hydroxylation is 6. The number of nitrogens with zero attached hydrogens (tertiary/aromatic N) is 4. The summed E-state index contributed by atoms with van der Waals surface area (Å²) in [6.45, 7) is 14.6. The lowest BCUT2D eigenvalue weighted by Gasteiger charge is -2.28. The van der Waals surface area contributed by atoms with Gasteiger partial charge in [0.15, 0.2) is 11.6 Å². The number of H-pyrrole nitrogens is 2. The summed E-state index contributed by atoms with van der Waals surface area (Å²) in [7, 11) is 0. The highest BCUT2D eigenvalue weighted by Gasteiger charge is 2.26. The number of anilines is 8. The number of fused-ring (bicyclic) bond motifs is 1. The molecule has 0 bridgehead atoms. The second kappa shape index (κ2) is 16.9. The van der Waals surface area contributed by atoms with Gasteiger partial charge in [0, 0.05) is 22.6 Å². The quantitative estimate of drug-likeness (QED) is 0.0688. The van der Waals surface area contributed by atoms with Crippen LogP contribution in [-0.2, 0) is 12.8 Å². The highest BCUT2D eigenvalue weighted by atomic mass is 15.3. The van der Waals surface area contributed by atoms with Crippen molar-refractivity contribution in [1.29, 1.82) is 0 Å². The van der Waals surface area contributed by atoms with Crippen LogP contribution >= 0.6 is 0 Å². The van der Waals surface area contributed by atoms with Crippen molar-refractivity contribution in [2.24, 2.45) is 11.7 Å². The molecule has 6 aromatic rings. The number of hydrogen-bond acceptors (Lipinski definition) is 8. The number of rotatable bonds is 8. The van der Waals surface area contributed by atoms with Crippen LogP contribution in [0.2, 0.25) is 0 Å². The molecule has 10 nitrogen and oxygen atoms in total. The van der Waals surface area contributed by atoms with Gasteiger partial charge in [-0.05, 0) is 119 Å². The summed E-state index contributed by atoms with van der Waals surface area (Å²) in [6.07, 6.45) is 6.30. The summed E-state index contributed by atoms with van der Waals surface area (Å²) >= 11 is 0. The fraction of sp³-hybridized carbons (Fsp3) is 0.268. The maximum atomic E-state index is 5.66. The van der Waals surface area contributed by atoms with Gasteiger partial charge >= 0.3 is 0 Å². The molecule has 0 radical (unpaired) electrons. The lowest BCUT2D eigenvalue weighted by Crippen LogP contribution is -2.16. The minimum absolute atomic E-state index is 0.854. The van der Waals surface area contributed by atoms with Gasteiger partial charge in [0.2, 0.25) is 0 Å². The Morgan fingerprint density at radius 3 is 1.57 bits per heavy atom. The summed E-state index contributed by atoms with van der Waals surface area (Å²) in [5, 5.41) is 8.02. The van der Waals surface area contributed by atoms with E-state index in [1.54, 1.807) is 6.33 Å². The molecule has 0 saturated heterocycles. The average Bonchev–Trinajstić information content (AvgIpc) is 3.78. The van der Waals surface area contributed by atoms with Gasteiger partial charge < -0.3 is 15.8 Å². The van der Waals surface area contributed by atoms with Crippen LogP contribution in [0.3, 0.4) is 0 Å². The number of hydrogen-bond donors (Lipinski definition) is 6. The summed E-state index contributed by atoms with van der Waals surface area (Å²) in [5.41, 5.74) is 20.0. The Balaban J connectivity index is 0.000000190. The molecule has 4 aromatic carbocycles. The number of benzene rings is 4. The Hall–Kier alpha value is -5.58. The van der Waals surface area contributed by atoms with E-state index in [1.807, 2.05) is 51.1 Å². The molecule has 0 aliphatic heterocycles. The van der Waals surface area contributed by atoms with E-state index in [-0.39, 0.29) is 0 Å². The molecule has 0 atom stereocenters. The molecule has 2 heterocycles. The zero-order valence-corrected chi connectivity index (χ0v) is 30.9. The van der Waals surface area contributed by atoms with Crippen LogP contribution in [0, 0.1) is 34.6 Å². The minimum atomic E-state index is 0.854. The van der Waals surface area contributed by atoms with Crippen LogP contribution in [0.5, 0.6) is 0 Å². The van der Waals surface area contributed by atoms with E-state index in [4.69, 9.17) is 16.8 Å². The van der Waals surface area contributed by atoms with E-state index in [9.17, 15) is 0 Å². The van der Waals surface area contributed by atoms with E-state index in [2.05, 4.69) is 118 Å². The molecule has 0 saturated carbocycles. The molecule has 266 valence electrons. The molecule has 1 aliphatic rings. The predicted octanol–water partition coefficient (Wildman–Crippen LogP) is 9.78. The van der Waals surface area contributed by atoms with Crippen LogP contribution in [-0.4, -0.2) is 20.2 Å². The van der Waals surface area contributed by atoms with Crippen LogP contribution in [0.4, 0.5) is 45.8 Å². The van der Waals surface area contributed by atoms with Crippen molar-refractivity contribution in [3.05, 3.63) is 130 Å². The molecule has 0 spiro atoms. The fourth-order valence-corrected chi connectivity index (χ4v) is 6.73. The second-order valence-corrected chi connectivity index (χ2v) is 12.6. The normalized spacial score (nSPS) is 11.7. The summed E-state index contributed by atoms with van der Waals surface area (Å²) in [6, 6.07) is 28.8. The van der Waals surface area contributed by atoms with Gasteiger partial charge in [-0.25, -0.2) is 4.98 Å². The zero-order chi connectivity index (χ0) is 36.5. The highest BCUT2D eigenvalue weighted by molar-refractivity contribution is 5.82. The number of para-hydroxylation sites is 2. The first-order valence-electron chi connectivity index (χ1n) is 17.7. The number of nitrogen functional groups attached to an aromatic ring is 2. The van der Waals surface area contributed by atoms with Crippen molar-refractivity contribution >= 4 is 45.8 Å². The Morgan fingerprint density at radius 2 is 1.10 bits per heavy atom. The Kier molecular flexibility index (Phi) is 12.2. The van der Waals surface area contributed by atoms with Crippen LogP contribution < -0.4 is 32.3 Å². The van der Waals surface area contributed by atoms with Crippen molar-refractivity contribution in [1.82, 2.24) is 20.2 Å². The van der Waals surface area contributed by atoms with Gasteiger partial charge in [0.1, 0.15) is 0 Å². The smallest absolute Gasteiger partial charge is 0.162 e. The van der Waals surface area contributed by atoms with Gasteiger partial charge in [-0.1, -0.05) is 62.4 Å². The van der Waals surface area contributed by atoms with E-state index in [1.165, 1.54) is 52.0 Å². The van der Waals surface area contributed by atoms with Gasteiger partial charge in [-0.2, -0.15) is 5.10 Å². The maximum absolute atomic E-state index is 5.66. The van der Waals surface area contributed by atoms with Crippen molar-refractivity contribution in [3.8, 4) is 0 Å². The lowest BCUT2D eigenvalue weighted by atomic mass is 9.96. The van der Waals surface area contributed by atoms with Crippen LogP contribution in [0.15, 0.2) is 91.3 Å². The molecule has 8 N–H and O–H groups in total. The molecule has 0 unspecified atom stereocenters. The van der Waals surface area contributed by atoms with Crippen LogP contribution in [0.25, 0.3) is 0 Å². The SMILES string of the molecule is CC.Cc1cccc(C)c1N(c1cccc(NN)c1)c1n[nH]c2c1CCCC2.Cc1cccc(C)c1N(c1cccc(NN)c1)c1nc[nH]c1C. The molecule has 0 fully saturated rings. The van der Waals surface area contributed by atoms with Crippen molar-refractivity contribution in [2.45, 2.75) is 74.1 Å². The Morgan fingerprint density at radius 1 is 0.627 bits per heavy atom. The number of nitrogens with one attached hydrogen (secondary N) is 4. The average molecular weight is 685 g/mol. The van der Waals surface area contributed by atoms with E-state index in [0.717, 1.165) is 58.6 Å². The molecule has 1 aliphatic carbocycles. The molecular formula is C41H52N10.